The van der Waals surface area contributed by atoms with Crippen molar-refractivity contribution in [2.75, 3.05) is 0 Å². The van der Waals surface area contributed by atoms with Crippen LogP contribution in [-0.4, -0.2) is 6.21 Å². The molecule has 0 aliphatic rings. The number of terminal acetylenes is 1. The Morgan fingerprint density at radius 1 is 0.854 bits per heavy atom. The van der Waals surface area contributed by atoms with Crippen LogP contribution in [0.5, 0.6) is 0 Å². The van der Waals surface area contributed by atoms with Crippen molar-refractivity contribution in [1.82, 2.24) is 0 Å². The summed E-state index contributed by atoms with van der Waals surface area (Å²) in [5.74, 6) is 2.62. The van der Waals surface area contributed by atoms with Crippen molar-refractivity contribution in [2.24, 2.45) is 5.73 Å². The van der Waals surface area contributed by atoms with E-state index in [1.807, 2.05) is 50.3 Å². The first-order chi connectivity index (χ1) is 19.6. The van der Waals surface area contributed by atoms with Crippen LogP contribution in [-0.2, 0) is 19.3 Å². The Balaban J connectivity index is 0.000000328. The first kappa shape index (κ1) is 34.7. The summed E-state index contributed by atoms with van der Waals surface area (Å²) in [7, 11) is 0. The molecule has 0 atom stereocenters. The lowest BCUT2D eigenvalue weighted by molar-refractivity contribution is 1.09. The predicted octanol–water partition coefficient (Wildman–Crippen LogP) is 9.93. The lowest BCUT2D eigenvalue weighted by Gasteiger charge is -2.09. The van der Waals surface area contributed by atoms with Crippen LogP contribution >= 0.6 is 0 Å². The molecule has 0 aromatic heterocycles. The van der Waals surface area contributed by atoms with E-state index in [-0.39, 0.29) is 0 Å². The zero-order valence-electron chi connectivity index (χ0n) is 26.1. The molecular formula is C39H48N2. The summed E-state index contributed by atoms with van der Waals surface area (Å²) in [6, 6.07) is 25.2. The van der Waals surface area contributed by atoms with Crippen LogP contribution in [0.4, 0.5) is 0 Å². The topological polar surface area (TPSA) is 49.9 Å². The van der Waals surface area contributed by atoms with Gasteiger partial charge < -0.3 is 11.1 Å². The number of benzene rings is 3. The third kappa shape index (κ3) is 13.0. The molecule has 3 aromatic carbocycles. The molecule has 3 rings (SSSR count). The van der Waals surface area contributed by atoms with Crippen LogP contribution in [0.2, 0.25) is 0 Å². The highest BCUT2D eigenvalue weighted by molar-refractivity contribution is 5.82. The predicted molar refractivity (Wildman–Crippen MR) is 183 cm³/mol. The van der Waals surface area contributed by atoms with Crippen molar-refractivity contribution in [1.29, 1.82) is 5.41 Å². The van der Waals surface area contributed by atoms with Gasteiger partial charge in [-0.15, -0.1) is 12.3 Å². The molecule has 214 valence electrons. The zero-order valence-corrected chi connectivity index (χ0v) is 26.1. The molecule has 0 heterocycles. The molecule has 0 saturated carbocycles. The van der Waals surface area contributed by atoms with E-state index < -0.39 is 0 Å². The average molecular weight is 545 g/mol. The van der Waals surface area contributed by atoms with E-state index in [0.29, 0.717) is 12.1 Å². The number of nitrogens with one attached hydrogen (secondary N) is 1. The number of aryl methyl sites for hydroxylation is 3. The first-order valence-corrected chi connectivity index (χ1v) is 14.2. The van der Waals surface area contributed by atoms with Gasteiger partial charge in [0.15, 0.2) is 0 Å². The van der Waals surface area contributed by atoms with Gasteiger partial charge in [-0.3, -0.25) is 0 Å². The highest BCUT2D eigenvalue weighted by atomic mass is 14.6. The van der Waals surface area contributed by atoms with E-state index in [1.54, 1.807) is 0 Å². The van der Waals surface area contributed by atoms with E-state index >= 15 is 0 Å². The van der Waals surface area contributed by atoms with Crippen LogP contribution in [0.15, 0.2) is 108 Å². The maximum atomic E-state index is 7.22. The first-order valence-electron chi connectivity index (χ1n) is 14.2. The Kier molecular flexibility index (Phi) is 15.9. The smallest absolute Gasteiger partial charge is 0.0522 e. The molecule has 2 nitrogen and oxygen atoms in total. The van der Waals surface area contributed by atoms with Crippen LogP contribution in [0, 0.1) is 24.7 Å². The molecule has 0 aliphatic carbocycles. The minimum absolute atomic E-state index is 0.494. The summed E-state index contributed by atoms with van der Waals surface area (Å²) in [5.41, 5.74) is 18.3. The minimum Gasteiger partial charge on any atom is -0.397 e. The number of hydrogen-bond donors (Lipinski definition) is 2. The molecule has 3 aromatic rings. The fraction of sp³-hybridized carbons (Fsp3) is 0.256. The van der Waals surface area contributed by atoms with E-state index in [2.05, 4.69) is 95.7 Å². The maximum Gasteiger partial charge on any atom is 0.0522 e. The third-order valence-electron chi connectivity index (χ3n) is 6.42. The van der Waals surface area contributed by atoms with E-state index in [9.17, 15) is 0 Å². The zero-order chi connectivity index (χ0) is 30.8. The minimum atomic E-state index is 0.494. The fourth-order valence-corrected chi connectivity index (χ4v) is 3.97. The molecule has 0 fully saturated rings. The number of rotatable bonds is 8. The normalized spacial score (nSPS) is 10.9. The van der Waals surface area contributed by atoms with Crippen LogP contribution < -0.4 is 5.73 Å². The highest BCUT2D eigenvalue weighted by Crippen LogP contribution is 2.23. The second kappa shape index (κ2) is 18.9. The molecule has 0 bridgehead atoms. The van der Waals surface area contributed by atoms with E-state index in [1.165, 1.54) is 45.2 Å². The van der Waals surface area contributed by atoms with Gasteiger partial charge in [-0.05, 0) is 98.1 Å². The van der Waals surface area contributed by atoms with Crippen molar-refractivity contribution in [2.45, 2.75) is 67.7 Å². The molecule has 2 heteroatoms. The number of nitrogens with two attached hydrogens (primary N) is 1. The van der Waals surface area contributed by atoms with Crippen molar-refractivity contribution in [3.05, 3.63) is 142 Å². The van der Waals surface area contributed by atoms with Gasteiger partial charge in [0.1, 0.15) is 0 Å². The van der Waals surface area contributed by atoms with Gasteiger partial charge in [-0.25, -0.2) is 0 Å². The highest BCUT2D eigenvalue weighted by Gasteiger charge is 2.03. The summed E-state index contributed by atoms with van der Waals surface area (Å²) in [5, 5.41) is 7.22. The molecule has 41 heavy (non-hydrogen) atoms. The summed E-state index contributed by atoms with van der Waals surface area (Å²) >= 11 is 0. The van der Waals surface area contributed by atoms with Gasteiger partial charge in [0, 0.05) is 12.6 Å². The average Bonchev–Trinajstić information content (AvgIpc) is 2.97. The second-order valence-corrected chi connectivity index (χ2v) is 10.3. The van der Waals surface area contributed by atoms with Gasteiger partial charge in [-0.2, -0.15) is 0 Å². The lowest BCUT2D eigenvalue weighted by Crippen LogP contribution is -2.00. The van der Waals surface area contributed by atoms with Crippen molar-refractivity contribution >= 4 is 17.4 Å². The van der Waals surface area contributed by atoms with Gasteiger partial charge >= 0.3 is 0 Å². The quantitative estimate of drug-likeness (QED) is 0.165. The van der Waals surface area contributed by atoms with Crippen LogP contribution in [0.25, 0.3) is 11.1 Å². The Hall–Kier alpha value is -4.35. The Labute approximate surface area is 249 Å². The summed E-state index contributed by atoms with van der Waals surface area (Å²) in [6.45, 7) is 18.4. The second-order valence-electron chi connectivity index (χ2n) is 10.3. The van der Waals surface area contributed by atoms with Gasteiger partial charge in [0.05, 0.1) is 5.70 Å². The Morgan fingerprint density at radius 3 is 1.95 bits per heavy atom. The van der Waals surface area contributed by atoms with Crippen molar-refractivity contribution in [3.63, 3.8) is 0 Å². The molecule has 0 saturated heterocycles. The summed E-state index contributed by atoms with van der Waals surface area (Å²) in [6.07, 6.45) is 13.6. The van der Waals surface area contributed by atoms with Gasteiger partial charge in [0.2, 0.25) is 0 Å². The largest absolute Gasteiger partial charge is 0.397 e. The molecule has 0 aliphatic heterocycles. The number of allylic oxidation sites excluding steroid dienone is 7. The Morgan fingerprint density at radius 2 is 1.44 bits per heavy atom. The van der Waals surface area contributed by atoms with Gasteiger partial charge in [0.25, 0.3) is 0 Å². The molecule has 0 unspecified atom stereocenters. The number of hydrogen-bond acceptors (Lipinski definition) is 2. The van der Waals surface area contributed by atoms with Crippen molar-refractivity contribution in [3.8, 4) is 12.3 Å². The van der Waals surface area contributed by atoms with Gasteiger partial charge in [-0.1, -0.05) is 110 Å². The Bertz CT molecular complexity index is 1400. The van der Waals surface area contributed by atoms with E-state index in [0.717, 1.165) is 29.6 Å². The van der Waals surface area contributed by atoms with E-state index in [4.69, 9.17) is 17.6 Å². The fourth-order valence-electron chi connectivity index (χ4n) is 3.97. The standard InChI is InChI=1S/C17H22N2.C12H12.C10H14/c1-12(2)9-15(10-14(4)17(19)11-18)16-8-6-5-7-13(16)3;1-4-6-11-7-5-8-12(9-11)10(2)3;1-3-9-6-5-7-10(4-2)8-9/h5-11,18H,19H2,1-4H3;1,5,7-9H,2,6H2,3H3;5-8H,3-4H2,1-2H3/b15-10+,17-14-,18-11?;;. The molecule has 0 spiro atoms. The maximum absolute atomic E-state index is 7.22. The summed E-state index contributed by atoms with van der Waals surface area (Å²) < 4.78 is 0. The third-order valence-corrected chi connectivity index (χ3v) is 6.42. The lowest BCUT2D eigenvalue weighted by atomic mass is 9.97. The SMILES string of the molecule is C#CCc1cccc(C(=C)C)c1.CC(C)=C/C(=C\C(C)=C(/N)C=N)c1ccccc1C.CCc1cccc(CC)c1. The van der Waals surface area contributed by atoms with Crippen LogP contribution in [0.3, 0.4) is 0 Å². The molecule has 3 N–H and O–H groups in total. The molecule has 0 radical (unpaired) electrons. The van der Waals surface area contributed by atoms with Crippen LogP contribution in [0.1, 0.15) is 74.9 Å². The summed E-state index contributed by atoms with van der Waals surface area (Å²) in [4.78, 5) is 0. The molecular weight excluding hydrogens is 496 g/mol. The molecule has 0 amide bonds. The monoisotopic (exact) mass is 544 g/mol. The van der Waals surface area contributed by atoms with Crippen molar-refractivity contribution < 1.29 is 0 Å².